The average molecular weight is 480 g/mol. The van der Waals surface area contributed by atoms with Gasteiger partial charge in [-0.05, 0) is 30.7 Å². The highest BCUT2D eigenvalue weighted by molar-refractivity contribution is 7.91. The molecule has 0 bridgehead atoms. The van der Waals surface area contributed by atoms with Crippen molar-refractivity contribution >= 4 is 21.6 Å². The number of hydrogen-bond acceptors (Lipinski definition) is 6. The van der Waals surface area contributed by atoms with E-state index in [1.807, 2.05) is 6.07 Å². The molecule has 0 radical (unpaired) electrons. The molecule has 0 saturated carbocycles. The van der Waals surface area contributed by atoms with E-state index in [9.17, 15) is 13.2 Å². The lowest BCUT2D eigenvalue weighted by Crippen LogP contribution is -2.24. The predicted octanol–water partition coefficient (Wildman–Crippen LogP) is 3.49. The van der Waals surface area contributed by atoms with E-state index in [4.69, 9.17) is 4.42 Å². The molecular weight excluding hydrogens is 454 g/mol. The van der Waals surface area contributed by atoms with E-state index in [1.54, 1.807) is 78.6 Å². The minimum atomic E-state index is -3.65. The van der Waals surface area contributed by atoms with Gasteiger partial charge < -0.3 is 9.73 Å². The van der Waals surface area contributed by atoms with Crippen LogP contribution in [0, 0.1) is 6.92 Å². The number of nitrogens with one attached hydrogen (secondary N) is 2. The number of oxazole rings is 1. The Hall–Kier alpha value is -3.92. The van der Waals surface area contributed by atoms with E-state index < -0.39 is 10.0 Å². The number of rotatable bonds is 10. The maximum atomic E-state index is 12.7. The maximum Gasteiger partial charge on any atom is 0.236 e. The van der Waals surface area contributed by atoms with Gasteiger partial charge in [0.2, 0.25) is 21.8 Å². The Morgan fingerprint density at radius 3 is 2.59 bits per heavy atom. The molecular formula is C24H25N5O4S. The number of aryl methyl sites for hydroxylation is 2. The van der Waals surface area contributed by atoms with Crippen molar-refractivity contribution < 1.29 is 17.6 Å². The Balaban J connectivity index is 1.44. The van der Waals surface area contributed by atoms with Gasteiger partial charge in [0.1, 0.15) is 11.5 Å². The molecule has 0 atom stereocenters. The molecule has 2 N–H and O–H groups in total. The van der Waals surface area contributed by atoms with Crippen molar-refractivity contribution in [3.05, 3.63) is 90.1 Å². The summed E-state index contributed by atoms with van der Waals surface area (Å²) in [6, 6.07) is 17.7. The van der Waals surface area contributed by atoms with E-state index in [0.717, 1.165) is 0 Å². The first-order chi connectivity index (χ1) is 16.4. The lowest BCUT2D eigenvalue weighted by molar-refractivity contribution is -0.121. The zero-order chi connectivity index (χ0) is 24.0. The number of anilines is 1. The molecule has 4 aromatic rings. The van der Waals surface area contributed by atoms with Gasteiger partial charge in [0.05, 0.1) is 23.5 Å². The van der Waals surface area contributed by atoms with Gasteiger partial charge in [-0.15, -0.1) is 0 Å². The smallest absolute Gasteiger partial charge is 0.236 e. The summed E-state index contributed by atoms with van der Waals surface area (Å²) in [4.78, 5) is 16.7. The molecule has 0 saturated heterocycles. The summed E-state index contributed by atoms with van der Waals surface area (Å²) in [5.74, 6) is 0.539. The molecule has 2 aromatic heterocycles. The zero-order valence-corrected chi connectivity index (χ0v) is 19.5. The fraction of sp³-hybridized carbons (Fsp3) is 0.208. The normalized spacial score (nSPS) is 11.3. The highest BCUT2D eigenvalue weighted by Gasteiger charge is 2.19. The number of carbonyl (C=O) groups is 1. The number of para-hydroxylation sites is 1. The number of sulfonamides is 1. The monoisotopic (exact) mass is 479 g/mol. The number of amides is 1. The van der Waals surface area contributed by atoms with Gasteiger partial charge in [-0.1, -0.05) is 42.5 Å². The Bertz CT molecular complexity index is 1350. The second-order valence-electron chi connectivity index (χ2n) is 7.71. The topological polar surface area (TPSA) is 119 Å². The molecule has 10 heteroatoms. The van der Waals surface area contributed by atoms with Crippen molar-refractivity contribution in [1.29, 1.82) is 0 Å². The Kier molecular flexibility index (Phi) is 7.07. The van der Waals surface area contributed by atoms with Crippen LogP contribution in [0.5, 0.6) is 0 Å². The molecule has 0 aliphatic carbocycles. The van der Waals surface area contributed by atoms with Crippen molar-refractivity contribution in [3.8, 4) is 11.5 Å². The lowest BCUT2D eigenvalue weighted by atomic mass is 10.2. The third-order valence-electron chi connectivity index (χ3n) is 5.10. The van der Waals surface area contributed by atoms with Crippen LogP contribution < -0.4 is 10.0 Å². The molecule has 0 fully saturated rings. The zero-order valence-electron chi connectivity index (χ0n) is 18.6. The van der Waals surface area contributed by atoms with Crippen molar-refractivity contribution in [3.63, 3.8) is 0 Å². The molecule has 0 aliphatic rings. The number of nitrogens with zero attached hydrogens (tertiary/aromatic N) is 3. The second-order valence-corrected chi connectivity index (χ2v) is 9.43. The van der Waals surface area contributed by atoms with Crippen molar-refractivity contribution in [1.82, 2.24) is 20.1 Å². The van der Waals surface area contributed by atoms with Crippen LogP contribution in [-0.4, -0.2) is 29.1 Å². The van der Waals surface area contributed by atoms with E-state index in [-0.39, 0.29) is 30.5 Å². The van der Waals surface area contributed by atoms with E-state index in [1.165, 1.54) is 0 Å². The number of benzene rings is 2. The lowest BCUT2D eigenvalue weighted by Gasteiger charge is -2.11. The summed E-state index contributed by atoms with van der Waals surface area (Å²) in [5.41, 5.74) is 2.14. The molecule has 9 nitrogen and oxygen atoms in total. The first kappa shape index (κ1) is 23.2. The van der Waals surface area contributed by atoms with Crippen LogP contribution >= 0.6 is 0 Å². The number of aromatic nitrogens is 3. The molecule has 0 spiro atoms. The van der Waals surface area contributed by atoms with Crippen molar-refractivity contribution in [2.24, 2.45) is 0 Å². The minimum Gasteiger partial charge on any atom is -0.441 e. The van der Waals surface area contributed by atoms with Crippen LogP contribution in [0.25, 0.3) is 11.5 Å². The van der Waals surface area contributed by atoms with Crippen LogP contribution in [0.3, 0.4) is 0 Å². The van der Waals surface area contributed by atoms with Gasteiger partial charge in [-0.2, -0.15) is 5.10 Å². The first-order valence-electron chi connectivity index (χ1n) is 10.7. The summed E-state index contributed by atoms with van der Waals surface area (Å²) < 4.78 is 35.6. The van der Waals surface area contributed by atoms with Gasteiger partial charge in [0.25, 0.3) is 0 Å². The maximum absolute atomic E-state index is 12.7. The van der Waals surface area contributed by atoms with Gasteiger partial charge in [0.15, 0.2) is 0 Å². The van der Waals surface area contributed by atoms with Crippen LogP contribution in [0.1, 0.15) is 23.4 Å². The fourth-order valence-corrected chi connectivity index (χ4v) is 4.60. The second kappa shape index (κ2) is 10.3. The van der Waals surface area contributed by atoms with Crippen LogP contribution in [0.2, 0.25) is 0 Å². The summed E-state index contributed by atoms with van der Waals surface area (Å²) >= 11 is 0. The van der Waals surface area contributed by atoms with Gasteiger partial charge in [0, 0.05) is 25.4 Å². The summed E-state index contributed by atoms with van der Waals surface area (Å²) in [6.07, 6.45) is 3.75. The largest absolute Gasteiger partial charge is 0.441 e. The molecule has 0 unspecified atom stereocenters. The van der Waals surface area contributed by atoms with E-state index >= 15 is 0 Å². The molecule has 0 aliphatic heterocycles. The Labute approximate surface area is 197 Å². The summed E-state index contributed by atoms with van der Waals surface area (Å²) in [7, 11) is -3.65. The molecule has 4 rings (SSSR count). The average Bonchev–Trinajstić information content (AvgIpc) is 3.46. The fourth-order valence-electron chi connectivity index (χ4n) is 3.38. The van der Waals surface area contributed by atoms with Crippen molar-refractivity contribution in [2.75, 3.05) is 4.72 Å². The van der Waals surface area contributed by atoms with Gasteiger partial charge in [-0.3, -0.25) is 14.2 Å². The Morgan fingerprint density at radius 2 is 1.82 bits per heavy atom. The van der Waals surface area contributed by atoms with Gasteiger partial charge >= 0.3 is 0 Å². The highest BCUT2D eigenvalue weighted by Crippen LogP contribution is 2.30. The molecule has 176 valence electrons. The SMILES string of the molecule is Cc1oc(-c2ccccc2NS(=O)(=O)Cc2ccccc2)nc1CNC(=O)CCn1cccn1. The molecule has 1 amide bonds. The van der Waals surface area contributed by atoms with Crippen LogP contribution in [0.4, 0.5) is 5.69 Å². The Morgan fingerprint density at radius 1 is 1.06 bits per heavy atom. The van der Waals surface area contributed by atoms with Crippen molar-refractivity contribution in [2.45, 2.75) is 32.2 Å². The highest BCUT2D eigenvalue weighted by atomic mass is 32.2. The standard InChI is InChI=1S/C24H25N5O4S/c1-18-22(16-25-23(30)12-15-29-14-7-13-26-29)27-24(33-18)20-10-5-6-11-21(20)28-34(31,32)17-19-8-3-2-4-9-19/h2-11,13-14,28H,12,15-17H2,1H3,(H,25,30). The molecule has 2 aromatic carbocycles. The van der Waals surface area contributed by atoms with E-state index in [0.29, 0.717) is 34.8 Å². The number of carbonyl (C=O) groups excluding carboxylic acids is 1. The third kappa shape index (κ3) is 6.10. The first-order valence-corrected chi connectivity index (χ1v) is 12.4. The summed E-state index contributed by atoms with van der Waals surface area (Å²) in [6.45, 7) is 2.44. The molecule has 2 heterocycles. The number of hydrogen-bond donors (Lipinski definition) is 2. The van der Waals surface area contributed by atoms with Gasteiger partial charge in [-0.25, -0.2) is 13.4 Å². The third-order valence-corrected chi connectivity index (χ3v) is 6.34. The van der Waals surface area contributed by atoms with Crippen LogP contribution in [0.15, 0.2) is 77.5 Å². The minimum absolute atomic E-state index is 0.131. The van der Waals surface area contributed by atoms with Crippen LogP contribution in [-0.2, 0) is 33.7 Å². The van der Waals surface area contributed by atoms with E-state index in [2.05, 4.69) is 20.1 Å². The predicted molar refractivity (Wildman–Crippen MR) is 128 cm³/mol. The summed E-state index contributed by atoms with van der Waals surface area (Å²) in [5, 5.41) is 6.91. The molecule has 34 heavy (non-hydrogen) atoms. The quantitative estimate of drug-likeness (QED) is 0.359.